The van der Waals surface area contributed by atoms with E-state index in [1.807, 2.05) is 0 Å². The van der Waals surface area contributed by atoms with Gasteiger partial charge in [0.05, 0.1) is 0 Å². The van der Waals surface area contributed by atoms with Crippen molar-refractivity contribution in [2.45, 2.75) is 39.2 Å². The molecule has 0 unspecified atom stereocenters. The molecule has 1 fully saturated rings. The fourth-order valence-electron chi connectivity index (χ4n) is 1.08. The number of rotatable bonds is 3. The van der Waals surface area contributed by atoms with E-state index >= 15 is 0 Å². The van der Waals surface area contributed by atoms with Crippen LogP contribution in [0.5, 0.6) is 0 Å². The van der Waals surface area contributed by atoms with Crippen LogP contribution < -0.4 is 5.32 Å². The molecule has 0 saturated heterocycles. The number of carboxylic acid groups (broad SMARTS) is 1. The summed E-state index contributed by atoms with van der Waals surface area (Å²) in [6, 6.07) is 0. The van der Waals surface area contributed by atoms with Crippen LogP contribution >= 0.6 is 0 Å². The minimum absolute atomic E-state index is 0.100. The van der Waals surface area contributed by atoms with Crippen LogP contribution in [0, 0.1) is 5.92 Å². The lowest BCUT2D eigenvalue weighted by Crippen LogP contribution is -2.34. The van der Waals surface area contributed by atoms with Crippen LogP contribution in [0.15, 0.2) is 11.8 Å². The first-order valence-corrected chi connectivity index (χ1v) is 5.23. The van der Waals surface area contributed by atoms with Crippen LogP contribution in [-0.4, -0.2) is 22.8 Å². The van der Waals surface area contributed by atoms with E-state index in [1.165, 1.54) is 0 Å². The van der Waals surface area contributed by atoms with Crippen LogP contribution in [0.4, 0.5) is 4.79 Å². The predicted molar refractivity (Wildman–Crippen MR) is 57.8 cm³/mol. The molecular weight excluding hydrogens is 210 g/mol. The smallest absolute Gasteiger partial charge is 0.412 e. The number of nitrogens with one attached hydrogen (secondary N) is 1. The topological polar surface area (TPSA) is 75.6 Å². The highest BCUT2D eigenvalue weighted by Gasteiger charge is 2.24. The highest BCUT2D eigenvalue weighted by molar-refractivity contribution is 5.90. The second-order valence-electron chi connectivity index (χ2n) is 4.85. The molecule has 1 saturated carbocycles. The lowest BCUT2D eigenvalue weighted by molar-refractivity contribution is -0.133. The van der Waals surface area contributed by atoms with Gasteiger partial charge in [0, 0.05) is 0 Å². The highest BCUT2D eigenvalue weighted by atomic mass is 16.6. The normalized spacial score (nSPS) is 16.8. The molecule has 0 bridgehead atoms. The van der Waals surface area contributed by atoms with Crippen molar-refractivity contribution >= 4 is 12.1 Å². The number of allylic oxidation sites excluding steroid dienone is 1. The number of aliphatic carboxylic acids is 1. The van der Waals surface area contributed by atoms with Crippen LogP contribution in [0.25, 0.3) is 0 Å². The lowest BCUT2D eigenvalue weighted by Gasteiger charge is -2.19. The summed E-state index contributed by atoms with van der Waals surface area (Å²) in [7, 11) is 0. The second kappa shape index (κ2) is 4.55. The third-order valence-corrected chi connectivity index (χ3v) is 1.89. The van der Waals surface area contributed by atoms with E-state index in [0.717, 1.165) is 12.8 Å². The van der Waals surface area contributed by atoms with Crippen LogP contribution in [-0.2, 0) is 9.53 Å². The number of amides is 1. The molecule has 0 aromatic rings. The Balaban J connectivity index is 2.55. The van der Waals surface area contributed by atoms with Gasteiger partial charge in [0.2, 0.25) is 0 Å². The molecule has 90 valence electrons. The van der Waals surface area contributed by atoms with E-state index in [-0.39, 0.29) is 11.6 Å². The van der Waals surface area contributed by atoms with E-state index in [4.69, 9.17) is 9.84 Å². The van der Waals surface area contributed by atoms with Gasteiger partial charge in [-0.05, 0) is 39.5 Å². The molecule has 0 spiro atoms. The zero-order valence-electron chi connectivity index (χ0n) is 9.74. The maximum absolute atomic E-state index is 11.3. The fourth-order valence-corrected chi connectivity index (χ4v) is 1.08. The van der Waals surface area contributed by atoms with Gasteiger partial charge in [0.25, 0.3) is 0 Å². The SMILES string of the molecule is CC(C)(C)OC(=O)NC(=CC1CC1)C(=O)O. The maximum atomic E-state index is 11.3. The Kier molecular flexibility index (Phi) is 3.57. The molecule has 1 aliphatic carbocycles. The molecule has 1 rings (SSSR count). The number of ether oxygens (including phenoxy) is 1. The Hall–Kier alpha value is -1.52. The van der Waals surface area contributed by atoms with E-state index in [0.29, 0.717) is 0 Å². The third-order valence-electron chi connectivity index (χ3n) is 1.89. The maximum Gasteiger partial charge on any atom is 0.412 e. The molecule has 0 aromatic carbocycles. The first kappa shape index (κ1) is 12.5. The Labute approximate surface area is 94.5 Å². The zero-order chi connectivity index (χ0) is 12.3. The van der Waals surface area contributed by atoms with Gasteiger partial charge in [0.15, 0.2) is 0 Å². The summed E-state index contributed by atoms with van der Waals surface area (Å²) < 4.78 is 4.97. The summed E-state index contributed by atoms with van der Waals surface area (Å²) in [5.41, 5.74) is -0.732. The molecular formula is C11H17NO4. The van der Waals surface area contributed by atoms with Crippen LogP contribution in [0.1, 0.15) is 33.6 Å². The molecule has 0 aromatic heterocycles. The number of hydrogen-bond donors (Lipinski definition) is 2. The van der Waals surface area contributed by atoms with Crippen molar-refractivity contribution in [1.82, 2.24) is 5.32 Å². The van der Waals surface area contributed by atoms with Gasteiger partial charge in [-0.25, -0.2) is 9.59 Å². The van der Waals surface area contributed by atoms with Gasteiger partial charge in [-0.1, -0.05) is 6.08 Å². The Morgan fingerprint density at radius 2 is 1.94 bits per heavy atom. The summed E-state index contributed by atoms with van der Waals surface area (Å²) >= 11 is 0. The van der Waals surface area contributed by atoms with Crippen molar-refractivity contribution in [2.24, 2.45) is 5.92 Å². The first-order valence-electron chi connectivity index (χ1n) is 5.23. The zero-order valence-corrected chi connectivity index (χ0v) is 9.74. The molecule has 0 aliphatic heterocycles. The van der Waals surface area contributed by atoms with Gasteiger partial charge in [-0.3, -0.25) is 5.32 Å². The lowest BCUT2D eigenvalue weighted by atomic mass is 10.2. The monoisotopic (exact) mass is 227 g/mol. The fraction of sp³-hybridized carbons (Fsp3) is 0.636. The van der Waals surface area contributed by atoms with Crippen molar-refractivity contribution in [3.8, 4) is 0 Å². The Morgan fingerprint density at radius 1 is 1.38 bits per heavy atom. The number of alkyl carbamates (subject to hydrolysis) is 1. The molecule has 0 atom stereocenters. The van der Waals surface area contributed by atoms with Crippen LogP contribution in [0.2, 0.25) is 0 Å². The number of hydrogen-bond acceptors (Lipinski definition) is 3. The quantitative estimate of drug-likeness (QED) is 0.722. The third kappa shape index (κ3) is 4.82. The number of carboxylic acids is 1. The van der Waals surface area contributed by atoms with Gasteiger partial charge in [0.1, 0.15) is 11.3 Å². The molecule has 2 N–H and O–H groups in total. The van der Waals surface area contributed by atoms with Gasteiger partial charge in [-0.15, -0.1) is 0 Å². The number of carbonyl (C=O) groups excluding carboxylic acids is 1. The summed E-state index contributed by atoms with van der Waals surface area (Å²) in [5.74, 6) is -0.862. The molecule has 1 aliphatic rings. The average Bonchev–Trinajstić information content (AvgIpc) is 2.82. The molecule has 16 heavy (non-hydrogen) atoms. The molecule has 5 heteroatoms. The summed E-state index contributed by atoms with van der Waals surface area (Å²) in [5, 5.41) is 11.1. The largest absolute Gasteiger partial charge is 0.477 e. The van der Waals surface area contributed by atoms with Gasteiger partial charge in [-0.2, -0.15) is 0 Å². The molecule has 1 amide bonds. The van der Waals surface area contributed by atoms with Gasteiger partial charge < -0.3 is 9.84 Å². The van der Waals surface area contributed by atoms with E-state index in [2.05, 4.69) is 5.32 Å². The van der Waals surface area contributed by atoms with Crippen molar-refractivity contribution in [3.05, 3.63) is 11.8 Å². The predicted octanol–water partition coefficient (Wildman–Crippen LogP) is 1.89. The van der Waals surface area contributed by atoms with Crippen molar-refractivity contribution in [1.29, 1.82) is 0 Å². The Bertz CT molecular complexity index is 323. The molecule has 0 heterocycles. The van der Waals surface area contributed by atoms with E-state index < -0.39 is 17.7 Å². The second-order valence-corrected chi connectivity index (χ2v) is 4.85. The summed E-state index contributed by atoms with van der Waals surface area (Å²) in [4.78, 5) is 22.2. The highest BCUT2D eigenvalue weighted by Crippen LogP contribution is 2.31. The van der Waals surface area contributed by atoms with Crippen molar-refractivity contribution < 1.29 is 19.4 Å². The summed E-state index contributed by atoms with van der Waals surface area (Å²) in [6.45, 7) is 5.16. The number of carbonyl (C=O) groups is 2. The van der Waals surface area contributed by atoms with Crippen molar-refractivity contribution in [2.75, 3.05) is 0 Å². The minimum Gasteiger partial charge on any atom is -0.477 e. The van der Waals surface area contributed by atoms with Crippen LogP contribution in [0.3, 0.4) is 0 Å². The first-order chi connectivity index (χ1) is 7.28. The summed E-state index contributed by atoms with van der Waals surface area (Å²) in [6.07, 6.45) is 2.79. The van der Waals surface area contributed by atoms with E-state index in [1.54, 1.807) is 26.8 Å². The Morgan fingerprint density at radius 3 is 2.31 bits per heavy atom. The van der Waals surface area contributed by atoms with Gasteiger partial charge >= 0.3 is 12.1 Å². The standard InChI is InChI=1S/C11H17NO4/c1-11(2,3)16-10(15)12-8(9(13)14)6-7-4-5-7/h6-7H,4-5H2,1-3H3,(H,12,15)(H,13,14). The molecule has 5 nitrogen and oxygen atoms in total. The average molecular weight is 227 g/mol. The van der Waals surface area contributed by atoms with E-state index in [9.17, 15) is 9.59 Å². The molecule has 0 radical (unpaired) electrons. The van der Waals surface area contributed by atoms with Crippen molar-refractivity contribution in [3.63, 3.8) is 0 Å². The minimum atomic E-state index is -1.14.